The topological polar surface area (TPSA) is 37.3 Å². The van der Waals surface area contributed by atoms with Gasteiger partial charge in [-0.25, -0.2) is 0 Å². The van der Waals surface area contributed by atoms with Crippen LogP contribution < -0.4 is 0 Å². The van der Waals surface area contributed by atoms with Crippen LogP contribution in [-0.4, -0.2) is 17.0 Å². The quantitative estimate of drug-likeness (QED) is 0.936. The summed E-state index contributed by atoms with van der Waals surface area (Å²) in [5.74, 6) is -0.122. The van der Waals surface area contributed by atoms with Crippen LogP contribution in [0.3, 0.4) is 0 Å². The van der Waals surface area contributed by atoms with E-state index in [2.05, 4.69) is 24.3 Å². The first kappa shape index (κ1) is 15.0. The van der Waals surface area contributed by atoms with E-state index in [9.17, 15) is 9.90 Å². The first-order valence-electron chi connectivity index (χ1n) is 7.93. The fraction of sp³-hybridized carbons (Fsp3) is 0.350. The summed E-state index contributed by atoms with van der Waals surface area (Å²) in [5, 5.41) is 10.6. The van der Waals surface area contributed by atoms with Gasteiger partial charge in [-0.1, -0.05) is 60.7 Å². The molecule has 0 amide bonds. The van der Waals surface area contributed by atoms with Crippen molar-refractivity contribution in [2.24, 2.45) is 5.92 Å². The zero-order chi connectivity index (χ0) is 15.6. The lowest BCUT2D eigenvalue weighted by atomic mass is 9.61. The molecule has 2 heteroatoms. The first-order valence-corrected chi connectivity index (χ1v) is 7.93. The third-order valence-corrected chi connectivity index (χ3v) is 5.08. The molecule has 2 aromatic carbocycles. The van der Waals surface area contributed by atoms with Crippen LogP contribution >= 0.6 is 0 Å². The van der Waals surface area contributed by atoms with Gasteiger partial charge in [0, 0.05) is 11.3 Å². The molecular formula is C20H22O2. The van der Waals surface area contributed by atoms with E-state index in [1.165, 1.54) is 11.1 Å². The average Bonchev–Trinajstić information content (AvgIpc) is 2.56. The third-order valence-electron chi connectivity index (χ3n) is 5.08. The lowest BCUT2D eigenvalue weighted by molar-refractivity contribution is -0.126. The molecule has 1 fully saturated rings. The van der Waals surface area contributed by atoms with Crippen LogP contribution in [0.25, 0.3) is 0 Å². The van der Waals surface area contributed by atoms with Gasteiger partial charge in [0.15, 0.2) is 0 Å². The van der Waals surface area contributed by atoms with Crippen molar-refractivity contribution in [2.45, 2.75) is 37.7 Å². The summed E-state index contributed by atoms with van der Waals surface area (Å²) in [7, 11) is 0. The fourth-order valence-corrected chi connectivity index (χ4v) is 3.88. The Hall–Kier alpha value is -1.93. The molecular weight excluding hydrogens is 272 g/mol. The van der Waals surface area contributed by atoms with Crippen LogP contribution in [-0.2, 0) is 10.2 Å². The zero-order valence-electron chi connectivity index (χ0n) is 12.9. The van der Waals surface area contributed by atoms with E-state index in [0.717, 1.165) is 12.8 Å². The van der Waals surface area contributed by atoms with E-state index in [1.54, 1.807) is 6.92 Å². The third kappa shape index (κ3) is 2.59. The Bertz CT molecular complexity index is 594. The summed E-state index contributed by atoms with van der Waals surface area (Å²) < 4.78 is 0. The fourth-order valence-electron chi connectivity index (χ4n) is 3.88. The molecule has 22 heavy (non-hydrogen) atoms. The number of rotatable bonds is 3. The van der Waals surface area contributed by atoms with Crippen molar-refractivity contribution in [3.8, 4) is 0 Å². The Balaban J connectivity index is 2.05. The Kier molecular flexibility index (Phi) is 4.12. The second-order valence-corrected chi connectivity index (χ2v) is 6.34. The summed E-state index contributed by atoms with van der Waals surface area (Å²) in [6.45, 7) is 1.59. The lowest BCUT2D eigenvalue weighted by Crippen LogP contribution is -2.43. The molecule has 0 aliphatic heterocycles. The van der Waals surface area contributed by atoms with Crippen molar-refractivity contribution >= 4 is 5.78 Å². The van der Waals surface area contributed by atoms with Crippen LogP contribution in [0.5, 0.6) is 0 Å². The van der Waals surface area contributed by atoms with Crippen LogP contribution in [0.2, 0.25) is 0 Å². The van der Waals surface area contributed by atoms with Gasteiger partial charge in [0.1, 0.15) is 5.78 Å². The van der Waals surface area contributed by atoms with Gasteiger partial charge in [-0.3, -0.25) is 4.79 Å². The van der Waals surface area contributed by atoms with Crippen LogP contribution in [0.4, 0.5) is 0 Å². The minimum absolute atomic E-state index is 0.0993. The van der Waals surface area contributed by atoms with Gasteiger partial charge < -0.3 is 5.11 Å². The Morgan fingerprint density at radius 2 is 1.50 bits per heavy atom. The molecule has 1 saturated carbocycles. The molecule has 0 radical (unpaired) electrons. The van der Waals surface area contributed by atoms with Gasteiger partial charge in [-0.15, -0.1) is 0 Å². The number of ketones is 1. The van der Waals surface area contributed by atoms with Crippen LogP contribution in [0.15, 0.2) is 60.7 Å². The van der Waals surface area contributed by atoms with Gasteiger partial charge in [-0.05, 0) is 37.3 Å². The van der Waals surface area contributed by atoms with Crippen molar-refractivity contribution in [2.75, 3.05) is 0 Å². The standard InChI is InChI=1S/C20H22O2/c1-15(21)18-12-13-20(14-19(18)22,16-8-4-2-5-9-16)17-10-6-3-7-11-17/h2-11,18-19,22H,12-14H2,1H3/t18-,19+/m1/s1. The van der Waals surface area contributed by atoms with Gasteiger partial charge in [0.2, 0.25) is 0 Å². The van der Waals surface area contributed by atoms with Crippen molar-refractivity contribution in [3.05, 3.63) is 71.8 Å². The number of aliphatic hydroxyl groups excluding tert-OH is 1. The second-order valence-electron chi connectivity index (χ2n) is 6.34. The second kappa shape index (κ2) is 6.05. The summed E-state index contributed by atoms with van der Waals surface area (Å²) in [5.41, 5.74) is 2.25. The molecule has 0 unspecified atom stereocenters. The molecule has 2 nitrogen and oxygen atoms in total. The van der Waals surface area contributed by atoms with Crippen molar-refractivity contribution in [1.82, 2.24) is 0 Å². The van der Waals surface area contributed by atoms with E-state index in [0.29, 0.717) is 6.42 Å². The Labute approximate surface area is 131 Å². The molecule has 0 heterocycles. The zero-order valence-corrected chi connectivity index (χ0v) is 12.9. The highest BCUT2D eigenvalue weighted by atomic mass is 16.3. The molecule has 0 bridgehead atoms. The Morgan fingerprint density at radius 1 is 1.00 bits per heavy atom. The van der Waals surface area contributed by atoms with E-state index >= 15 is 0 Å². The minimum Gasteiger partial charge on any atom is -0.392 e. The van der Waals surface area contributed by atoms with Crippen molar-refractivity contribution < 1.29 is 9.90 Å². The number of carbonyl (C=O) groups is 1. The SMILES string of the molecule is CC(=O)[C@H]1CCC(c2ccccc2)(c2ccccc2)C[C@@H]1O. The molecule has 1 aliphatic carbocycles. The lowest BCUT2D eigenvalue weighted by Gasteiger charge is -2.43. The van der Waals surface area contributed by atoms with E-state index in [-0.39, 0.29) is 17.1 Å². The number of aliphatic hydroxyl groups is 1. The van der Waals surface area contributed by atoms with Crippen LogP contribution in [0.1, 0.15) is 37.3 Å². The highest BCUT2D eigenvalue weighted by Gasteiger charge is 2.43. The number of Topliss-reactive ketones (excluding diaryl/α,β-unsaturated/α-hetero) is 1. The average molecular weight is 294 g/mol. The molecule has 1 aliphatic rings. The van der Waals surface area contributed by atoms with E-state index < -0.39 is 6.10 Å². The predicted octanol–water partition coefficient (Wildman–Crippen LogP) is 3.72. The van der Waals surface area contributed by atoms with E-state index in [1.807, 2.05) is 36.4 Å². The number of hydrogen-bond donors (Lipinski definition) is 1. The number of benzene rings is 2. The molecule has 3 rings (SSSR count). The molecule has 114 valence electrons. The first-order chi connectivity index (χ1) is 10.6. The number of carbonyl (C=O) groups excluding carboxylic acids is 1. The normalized spacial score (nSPS) is 23.9. The monoisotopic (exact) mass is 294 g/mol. The maximum absolute atomic E-state index is 11.7. The smallest absolute Gasteiger partial charge is 0.135 e. The van der Waals surface area contributed by atoms with Crippen molar-refractivity contribution in [1.29, 1.82) is 0 Å². The van der Waals surface area contributed by atoms with Gasteiger partial charge >= 0.3 is 0 Å². The molecule has 2 aromatic rings. The van der Waals surface area contributed by atoms with Gasteiger partial charge in [0.05, 0.1) is 6.10 Å². The molecule has 0 spiro atoms. The van der Waals surface area contributed by atoms with Gasteiger partial charge in [0.25, 0.3) is 0 Å². The number of hydrogen-bond acceptors (Lipinski definition) is 2. The highest BCUT2D eigenvalue weighted by Crippen LogP contribution is 2.46. The summed E-state index contributed by atoms with van der Waals surface area (Å²) in [4.78, 5) is 11.7. The van der Waals surface area contributed by atoms with Crippen molar-refractivity contribution in [3.63, 3.8) is 0 Å². The predicted molar refractivity (Wildman–Crippen MR) is 87.7 cm³/mol. The molecule has 0 saturated heterocycles. The highest BCUT2D eigenvalue weighted by molar-refractivity contribution is 5.79. The largest absolute Gasteiger partial charge is 0.392 e. The maximum Gasteiger partial charge on any atom is 0.135 e. The summed E-state index contributed by atoms with van der Waals surface area (Å²) >= 11 is 0. The molecule has 1 N–H and O–H groups in total. The Morgan fingerprint density at radius 3 is 1.91 bits per heavy atom. The molecule has 0 aromatic heterocycles. The van der Waals surface area contributed by atoms with Gasteiger partial charge in [-0.2, -0.15) is 0 Å². The molecule has 2 atom stereocenters. The van der Waals surface area contributed by atoms with Crippen LogP contribution in [0, 0.1) is 5.92 Å². The summed E-state index contributed by atoms with van der Waals surface area (Å²) in [6.07, 6.45) is 1.65. The minimum atomic E-state index is -0.577. The summed E-state index contributed by atoms with van der Waals surface area (Å²) in [6, 6.07) is 20.7. The van der Waals surface area contributed by atoms with E-state index in [4.69, 9.17) is 0 Å². The maximum atomic E-state index is 11.7.